The molecular weight excluding hydrogens is 376 g/mol. The Bertz CT molecular complexity index is 974. The fourth-order valence-corrected chi connectivity index (χ4v) is 3.29. The Labute approximate surface area is 168 Å². The number of phenolic OH excluding ortho intramolecular Hbond substituents is 2. The summed E-state index contributed by atoms with van der Waals surface area (Å²) in [5.74, 6) is -0.298. The maximum atomic E-state index is 12.9. The van der Waals surface area contributed by atoms with Gasteiger partial charge in [0.25, 0.3) is 0 Å². The lowest BCUT2D eigenvalue weighted by molar-refractivity contribution is 0.0209. The summed E-state index contributed by atoms with van der Waals surface area (Å²) in [4.78, 5) is 12.9. The quantitative estimate of drug-likeness (QED) is 0.661. The Morgan fingerprint density at radius 2 is 1.83 bits per heavy atom. The van der Waals surface area contributed by atoms with Gasteiger partial charge in [0.15, 0.2) is 23.7 Å². The highest BCUT2D eigenvalue weighted by molar-refractivity contribution is 6.06. The van der Waals surface area contributed by atoms with Crippen molar-refractivity contribution in [2.45, 2.75) is 32.5 Å². The number of carbonyl (C=O) groups is 1. The minimum absolute atomic E-state index is 0.0718. The number of aliphatic hydroxyl groups excluding tert-OH is 1. The second kappa shape index (κ2) is 8.05. The lowest BCUT2D eigenvalue weighted by atomic mass is 9.90. The zero-order chi connectivity index (χ0) is 21.3. The Kier molecular flexibility index (Phi) is 5.70. The van der Waals surface area contributed by atoms with Gasteiger partial charge in [-0.15, -0.1) is 0 Å². The van der Waals surface area contributed by atoms with Crippen LogP contribution in [0.3, 0.4) is 0 Å². The maximum absolute atomic E-state index is 12.9. The molecule has 7 nitrogen and oxygen atoms in total. The van der Waals surface area contributed by atoms with Crippen LogP contribution in [0.2, 0.25) is 0 Å². The van der Waals surface area contributed by atoms with E-state index in [0.717, 1.165) is 5.57 Å². The van der Waals surface area contributed by atoms with E-state index in [9.17, 15) is 20.1 Å². The van der Waals surface area contributed by atoms with Gasteiger partial charge >= 0.3 is 0 Å². The van der Waals surface area contributed by atoms with Crippen molar-refractivity contribution in [3.05, 3.63) is 52.6 Å². The van der Waals surface area contributed by atoms with Gasteiger partial charge in [-0.3, -0.25) is 4.79 Å². The molecule has 2 aromatic rings. The van der Waals surface area contributed by atoms with Gasteiger partial charge in [0.2, 0.25) is 5.78 Å². The van der Waals surface area contributed by atoms with Gasteiger partial charge < -0.3 is 29.5 Å². The van der Waals surface area contributed by atoms with Crippen LogP contribution in [0, 0.1) is 0 Å². The first-order chi connectivity index (χ1) is 13.8. The van der Waals surface area contributed by atoms with Crippen LogP contribution in [-0.4, -0.2) is 41.4 Å². The molecule has 7 heteroatoms. The van der Waals surface area contributed by atoms with E-state index >= 15 is 0 Å². The van der Waals surface area contributed by atoms with Crippen molar-refractivity contribution in [3.63, 3.8) is 0 Å². The molecule has 0 saturated heterocycles. The highest BCUT2D eigenvalue weighted by atomic mass is 16.5. The maximum Gasteiger partial charge on any atom is 0.202 e. The smallest absolute Gasteiger partial charge is 0.202 e. The first-order valence-electron chi connectivity index (χ1n) is 9.10. The number of benzene rings is 2. The second-order valence-corrected chi connectivity index (χ2v) is 7.04. The van der Waals surface area contributed by atoms with Crippen molar-refractivity contribution >= 4 is 5.78 Å². The minimum atomic E-state index is -1.53. The summed E-state index contributed by atoms with van der Waals surface area (Å²) < 4.78 is 16.4. The number of carbonyl (C=O) groups excluding carboxylic acids is 1. The molecule has 0 spiro atoms. The van der Waals surface area contributed by atoms with Crippen molar-refractivity contribution < 1.29 is 34.3 Å². The molecule has 0 radical (unpaired) electrons. The van der Waals surface area contributed by atoms with Crippen LogP contribution in [0.15, 0.2) is 35.9 Å². The molecule has 3 N–H and O–H groups in total. The molecule has 0 aromatic heterocycles. The molecule has 1 heterocycles. The number of phenols is 2. The third-order valence-corrected chi connectivity index (χ3v) is 4.85. The highest BCUT2D eigenvalue weighted by Gasteiger charge is 2.40. The van der Waals surface area contributed by atoms with Gasteiger partial charge in [-0.05, 0) is 38.0 Å². The molecule has 2 aromatic carbocycles. The minimum Gasteiger partial charge on any atom is -0.507 e. The van der Waals surface area contributed by atoms with E-state index in [2.05, 4.69) is 0 Å². The molecule has 0 amide bonds. The van der Waals surface area contributed by atoms with E-state index < -0.39 is 18.0 Å². The van der Waals surface area contributed by atoms with Crippen molar-refractivity contribution in [2.75, 3.05) is 14.2 Å². The van der Waals surface area contributed by atoms with Crippen LogP contribution in [0.4, 0.5) is 0 Å². The molecular formula is C22H24O7. The number of Topliss-reactive ketones (excluding diaryl/α,β-unsaturated/α-hetero) is 1. The fraction of sp³-hybridized carbons (Fsp3) is 0.318. The highest BCUT2D eigenvalue weighted by Crippen LogP contribution is 2.45. The van der Waals surface area contributed by atoms with Crippen LogP contribution in [-0.2, 0) is 6.42 Å². The average molecular weight is 400 g/mol. The molecule has 1 aliphatic heterocycles. The van der Waals surface area contributed by atoms with E-state index in [1.165, 1.54) is 38.5 Å². The average Bonchev–Trinajstić information content (AvgIpc) is 2.69. The summed E-state index contributed by atoms with van der Waals surface area (Å²) in [6, 6.07) is 5.95. The molecule has 29 heavy (non-hydrogen) atoms. The number of rotatable bonds is 5. The summed E-state index contributed by atoms with van der Waals surface area (Å²) in [7, 11) is 2.86. The largest absolute Gasteiger partial charge is 0.507 e. The molecule has 0 aliphatic carbocycles. The summed E-state index contributed by atoms with van der Waals surface area (Å²) in [6.07, 6.45) is -0.295. The van der Waals surface area contributed by atoms with Crippen molar-refractivity contribution in [3.8, 4) is 28.7 Å². The lowest BCUT2D eigenvalue weighted by Crippen LogP contribution is -2.36. The monoisotopic (exact) mass is 400 g/mol. The van der Waals surface area contributed by atoms with Crippen LogP contribution >= 0.6 is 0 Å². The standard InChI is InChI=1S/C22H24O7/c1-11(2)5-7-13-15(27-3)10-17-18(19(13)24)20(25)21(26)22(29-17)12-6-8-14(23)16(9-12)28-4/h5-6,8-10,21-24,26H,7H2,1-4H3/t21-,22+/m0/s1. The van der Waals surface area contributed by atoms with E-state index in [1.54, 1.807) is 0 Å². The van der Waals surface area contributed by atoms with E-state index in [-0.39, 0.29) is 28.6 Å². The van der Waals surface area contributed by atoms with Crippen LogP contribution < -0.4 is 14.2 Å². The summed E-state index contributed by atoms with van der Waals surface area (Å²) >= 11 is 0. The first kappa shape index (κ1) is 20.5. The Morgan fingerprint density at radius 3 is 2.45 bits per heavy atom. The Balaban J connectivity index is 2.08. The number of hydrogen-bond acceptors (Lipinski definition) is 7. The normalized spacial score (nSPS) is 17.9. The Hall–Kier alpha value is -3.19. The molecule has 3 rings (SSSR count). The predicted octanol–water partition coefficient (Wildman–Crippen LogP) is 3.30. The second-order valence-electron chi connectivity index (χ2n) is 7.04. The van der Waals surface area contributed by atoms with Crippen LogP contribution in [0.25, 0.3) is 0 Å². The molecule has 154 valence electrons. The molecule has 1 aliphatic rings. The number of hydrogen-bond donors (Lipinski definition) is 3. The van der Waals surface area contributed by atoms with Crippen molar-refractivity contribution in [1.29, 1.82) is 0 Å². The molecule has 0 unspecified atom stereocenters. The molecule has 0 saturated carbocycles. The molecule has 2 atom stereocenters. The van der Waals surface area contributed by atoms with E-state index in [0.29, 0.717) is 23.3 Å². The van der Waals surface area contributed by atoms with Gasteiger partial charge in [0.05, 0.1) is 14.2 Å². The Morgan fingerprint density at radius 1 is 1.14 bits per heavy atom. The molecule has 0 fully saturated rings. The van der Waals surface area contributed by atoms with Gasteiger partial charge in [-0.1, -0.05) is 17.7 Å². The fourth-order valence-electron chi connectivity index (χ4n) is 3.29. The SMILES string of the molecule is COc1cc([C@H]2Oc3cc(OC)c(CC=C(C)C)c(O)c3C(=O)[C@@H]2O)ccc1O. The zero-order valence-corrected chi connectivity index (χ0v) is 16.7. The summed E-state index contributed by atoms with van der Waals surface area (Å²) in [5.41, 5.74) is 1.87. The topological polar surface area (TPSA) is 105 Å². The van der Waals surface area contributed by atoms with Crippen LogP contribution in [0.5, 0.6) is 28.7 Å². The van der Waals surface area contributed by atoms with Gasteiger partial charge in [-0.2, -0.15) is 0 Å². The number of allylic oxidation sites excluding steroid dienone is 2. The van der Waals surface area contributed by atoms with E-state index in [1.807, 2.05) is 19.9 Å². The van der Waals surface area contributed by atoms with Crippen molar-refractivity contribution in [1.82, 2.24) is 0 Å². The lowest BCUT2D eigenvalue weighted by Gasteiger charge is -2.31. The number of fused-ring (bicyclic) bond motifs is 1. The molecule has 0 bridgehead atoms. The third kappa shape index (κ3) is 3.73. The van der Waals surface area contributed by atoms with Crippen molar-refractivity contribution in [2.24, 2.45) is 0 Å². The van der Waals surface area contributed by atoms with Crippen LogP contribution in [0.1, 0.15) is 41.4 Å². The predicted molar refractivity (Wildman–Crippen MR) is 106 cm³/mol. The number of ether oxygens (including phenoxy) is 3. The summed E-state index contributed by atoms with van der Waals surface area (Å²) in [5, 5.41) is 31.1. The number of aliphatic hydroxyl groups is 1. The van der Waals surface area contributed by atoms with Gasteiger partial charge in [0, 0.05) is 11.6 Å². The number of methoxy groups -OCH3 is 2. The number of aromatic hydroxyl groups is 2. The van der Waals surface area contributed by atoms with Gasteiger partial charge in [-0.25, -0.2) is 0 Å². The first-order valence-corrected chi connectivity index (χ1v) is 9.10. The van der Waals surface area contributed by atoms with Gasteiger partial charge in [0.1, 0.15) is 22.8 Å². The number of ketones is 1. The third-order valence-electron chi connectivity index (χ3n) is 4.85. The van der Waals surface area contributed by atoms with E-state index in [4.69, 9.17) is 14.2 Å². The summed E-state index contributed by atoms with van der Waals surface area (Å²) in [6.45, 7) is 3.85. The zero-order valence-electron chi connectivity index (χ0n) is 16.7.